The highest BCUT2D eigenvalue weighted by Gasteiger charge is 2.21. The first-order valence-electron chi connectivity index (χ1n) is 9.18. The fourth-order valence-corrected chi connectivity index (χ4v) is 4.43. The number of hydrogen-bond donors (Lipinski definition) is 0. The largest absolute Gasteiger partial charge is 0.144 e. The molecule has 0 radical (unpaired) electrons. The van der Waals surface area contributed by atoms with Crippen LogP contribution in [-0.2, 0) is 19.3 Å². The van der Waals surface area contributed by atoms with Crippen molar-refractivity contribution in [2.24, 2.45) is 5.92 Å². The van der Waals surface area contributed by atoms with Gasteiger partial charge in [0.1, 0.15) is 10.0 Å². The van der Waals surface area contributed by atoms with Crippen molar-refractivity contribution in [2.45, 2.75) is 71.1 Å². The minimum absolute atomic E-state index is 0.794. The van der Waals surface area contributed by atoms with Crippen molar-refractivity contribution in [3.05, 3.63) is 45.4 Å². The standard InChI is InChI=1S/C20H28N2S/c1-3-15-5-10-17(11-6-15)18-12-7-16(8-13-18)9-14-20-22-21-19(4-2)23-20/h7-8,12-13,15,17H,3-6,9-11,14H2,1-2H3. The molecule has 1 aliphatic carbocycles. The van der Waals surface area contributed by atoms with E-state index in [0.29, 0.717) is 0 Å². The summed E-state index contributed by atoms with van der Waals surface area (Å²) >= 11 is 1.76. The molecule has 0 saturated heterocycles. The molecule has 0 bridgehead atoms. The van der Waals surface area contributed by atoms with Crippen LogP contribution in [0.15, 0.2) is 24.3 Å². The molecule has 0 spiro atoms. The van der Waals surface area contributed by atoms with Crippen molar-refractivity contribution >= 4 is 11.3 Å². The van der Waals surface area contributed by atoms with E-state index in [9.17, 15) is 0 Å². The Morgan fingerprint density at radius 3 is 2.22 bits per heavy atom. The highest BCUT2D eigenvalue weighted by Crippen LogP contribution is 2.36. The number of aryl methyl sites for hydroxylation is 3. The van der Waals surface area contributed by atoms with Gasteiger partial charge in [0.2, 0.25) is 0 Å². The van der Waals surface area contributed by atoms with Crippen LogP contribution in [0.5, 0.6) is 0 Å². The van der Waals surface area contributed by atoms with Crippen molar-refractivity contribution in [1.82, 2.24) is 10.2 Å². The summed E-state index contributed by atoms with van der Waals surface area (Å²) in [4.78, 5) is 0. The second-order valence-corrected chi connectivity index (χ2v) is 7.96. The van der Waals surface area contributed by atoms with Gasteiger partial charge in [0.15, 0.2) is 0 Å². The van der Waals surface area contributed by atoms with Crippen molar-refractivity contribution in [3.63, 3.8) is 0 Å². The van der Waals surface area contributed by atoms with Crippen LogP contribution < -0.4 is 0 Å². The molecule has 1 fully saturated rings. The molecule has 0 unspecified atom stereocenters. The molecule has 1 heterocycles. The molecule has 23 heavy (non-hydrogen) atoms. The van der Waals surface area contributed by atoms with Crippen molar-refractivity contribution < 1.29 is 0 Å². The summed E-state index contributed by atoms with van der Waals surface area (Å²) in [5.41, 5.74) is 2.97. The Balaban J connectivity index is 1.52. The third-order valence-corrected chi connectivity index (χ3v) is 6.44. The van der Waals surface area contributed by atoms with Gasteiger partial charge in [-0.05, 0) is 61.5 Å². The van der Waals surface area contributed by atoms with E-state index < -0.39 is 0 Å². The summed E-state index contributed by atoms with van der Waals surface area (Å²) in [5, 5.41) is 10.8. The Hall–Kier alpha value is -1.22. The van der Waals surface area contributed by atoms with E-state index in [1.807, 2.05) is 0 Å². The average Bonchev–Trinajstić information content (AvgIpc) is 3.09. The van der Waals surface area contributed by atoms with E-state index in [4.69, 9.17) is 0 Å². The molecule has 3 heteroatoms. The average molecular weight is 329 g/mol. The number of benzene rings is 1. The molecule has 2 aromatic rings. The van der Waals surface area contributed by atoms with Crippen molar-refractivity contribution in [2.75, 3.05) is 0 Å². The Labute approximate surface area is 144 Å². The van der Waals surface area contributed by atoms with Crippen LogP contribution in [0.1, 0.15) is 73.0 Å². The summed E-state index contributed by atoms with van der Waals surface area (Å²) in [5.74, 6) is 1.77. The minimum Gasteiger partial charge on any atom is -0.144 e. The number of hydrogen-bond acceptors (Lipinski definition) is 3. The molecule has 2 nitrogen and oxygen atoms in total. The van der Waals surface area contributed by atoms with Crippen LogP contribution in [0.4, 0.5) is 0 Å². The molecule has 0 amide bonds. The fourth-order valence-electron chi connectivity index (χ4n) is 3.64. The van der Waals surface area contributed by atoms with Crippen LogP contribution in [0, 0.1) is 5.92 Å². The maximum Gasteiger partial charge on any atom is 0.117 e. The van der Waals surface area contributed by atoms with E-state index in [1.54, 1.807) is 16.9 Å². The quantitative estimate of drug-likeness (QED) is 0.693. The first kappa shape index (κ1) is 16.6. The molecule has 124 valence electrons. The summed E-state index contributed by atoms with van der Waals surface area (Å²) in [7, 11) is 0. The topological polar surface area (TPSA) is 25.8 Å². The highest BCUT2D eigenvalue weighted by molar-refractivity contribution is 7.11. The SMILES string of the molecule is CCc1nnc(CCc2ccc(C3CCC(CC)CC3)cc2)s1. The zero-order chi connectivity index (χ0) is 16.1. The van der Waals surface area contributed by atoms with E-state index in [1.165, 1.54) is 42.7 Å². The Morgan fingerprint density at radius 2 is 1.61 bits per heavy atom. The third kappa shape index (κ3) is 4.41. The maximum atomic E-state index is 4.28. The van der Waals surface area contributed by atoms with Gasteiger partial charge in [0, 0.05) is 6.42 Å². The van der Waals surface area contributed by atoms with Crippen molar-refractivity contribution in [1.29, 1.82) is 0 Å². The minimum atomic E-state index is 0.794. The van der Waals surface area contributed by atoms with E-state index in [2.05, 4.69) is 48.3 Å². The van der Waals surface area contributed by atoms with Gasteiger partial charge in [-0.15, -0.1) is 21.5 Å². The molecule has 1 aromatic heterocycles. The molecule has 1 aliphatic rings. The molecule has 1 saturated carbocycles. The second-order valence-electron chi connectivity index (χ2n) is 6.81. The predicted molar refractivity (Wildman–Crippen MR) is 98.1 cm³/mol. The first-order chi connectivity index (χ1) is 11.3. The predicted octanol–water partition coefficient (Wildman–Crippen LogP) is 5.57. The number of aromatic nitrogens is 2. The van der Waals surface area contributed by atoms with Gasteiger partial charge < -0.3 is 0 Å². The zero-order valence-corrected chi connectivity index (χ0v) is 15.2. The Morgan fingerprint density at radius 1 is 0.913 bits per heavy atom. The molecule has 3 rings (SSSR count). The van der Waals surface area contributed by atoms with Gasteiger partial charge in [-0.1, -0.05) is 44.5 Å². The van der Waals surface area contributed by atoms with Crippen LogP contribution in [0.3, 0.4) is 0 Å². The molecule has 0 atom stereocenters. The maximum absolute atomic E-state index is 4.28. The summed E-state index contributed by atoms with van der Waals surface area (Å²) < 4.78 is 0. The normalized spacial score (nSPS) is 21.5. The Kier molecular flexibility index (Phi) is 5.82. The lowest BCUT2D eigenvalue weighted by Crippen LogP contribution is -2.12. The second kappa shape index (κ2) is 8.05. The van der Waals surface area contributed by atoms with Gasteiger partial charge in [-0.3, -0.25) is 0 Å². The van der Waals surface area contributed by atoms with Crippen LogP contribution in [0.2, 0.25) is 0 Å². The molecule has 1 aromatic carbocycles. The van der Waals surface area contributed by atoms with Crippen LogP contribution in [-0.4, -0.2) is 10.2 Å². The smallest absolute Gasteiger partial charge is 0.117 e. The first-order valence-corrected chi connectivity index (χ1v) is 10.00. The van der Waals surface area contributed by atoms with Gasteiger partial charge in [-0.25, -0.2) is 0 Å². The van der Waals surface area contributed by atoms with Gasteiger partial charge in [0.05, 0.1) is 0 Å². The lowest BCUT2D eigenvalue weighted by Gasteiger charge is -2.28. The van der Waals surface area contributed by atoms with Gasteiger partial charge in [0.25, 0.3) is 0 Å². The molecule has 0 aliphatic heterocycles. The summed E-state index contributed by atoms with van der Waals surface area (Å²) in [6.07, 6.45) is 10.0. The fraction of sp³-hybridized carbons (Fsp3) is 0.600. The highest BCUT2D eigenvalue weighted by atomic mass is 32.1. The number of nitrogens with zero attached hydrogens (tertiary/aromatic N) is 2. The monoisotopic (exact) mass is 328 g/mol. The third-order valence-electron chi connectivity index (χ3n) is 5.31. The number of rotatable bonds is 6. The lowest BCUT2D eigenvalue weighted by atomic mass is 9.78. The zero-order valence-electron chi connectivity index (χ0n) is 14.4. The molecular weight excluding hydrogens is 300 g/mol. The molecular formula is C20H28N2S. The summed E-state index contributed by atoms with van der Waals surface area (Å²) in [6.45, 7) is 4.47. The van der Waals surface area contributed by atoms with Gasteiger partial charge >= 0.3 is 0 Å². The van der Waals surface area contributed by atoms with Crippen LogP contribution >= 0.6 is 11.3 Å². The van der Waals surface area contributed by atoms with E-state index in [-0.39, 0.29) is 0 Å². The van der Waals surface area contributed by atoms with Crippen molar-refractivity contribution in [3.8, 4) is 0 Å². The van der Waals surface area contributed by atoms with E-state index >= 15 is 0 Å². The van der Waals surface area contributed by atoms with Crippen LogP contribution in [0.25, 0.3) is 0 Å². The lowest BCUT2D eigenvalue weighted by molar-refractivity contribution is 0.319. The van der Waals surface area contributed by atoms with Gasteiger partial charge in [-0.2, -0.15) is 0 Å². The summed E-state index contributed by atoms with van der Waals surface area (Å²) in [6, 6.07) is 9.37. The molecule has 0 N–H and O–H groups in total. The van der Waals surface area contributed by atoms with E-state index in [0.717, 1.165) is 36.1 Å². The Bertz CT molecular complexity index is 594.